The molecule has 0 bridgehead atoms. The molecular weight excluding hydrogens is 319 g/mol. The Kier molecular flexibility index (Phi) is 3.66. The van der Waals surface area contributed by atoms with E-state index in [-0.39, 0.29) is 5.82 Å². The van der Waals surface area contributed by atoms with Crippen molar-refractivity contribution < 1.29 is 4.39 Å². The maximum absolute atomic E-state index is 13.8. The number of nitrogens with one attached hydrogen (secondary N) is 1. The summed E-state index contributed by atoms with van der Waals surface area (Å²) in [7, 11) is 0. The molecule has 0 aliphatic carbocycles. The summed E-state index contributed by atoms with van der Waals surface area (Å²) < 4.78 is 14.9. The molecule has 0 fully saturated rings. The minimum atomic E-state index is -0.143. The van der Waals surface area contributed by atoms with Crippen LogP contribution in [-0.4, -0.2) is 12.6 Å². The van der Waals surface area contributed by atoms with Crippen LogP contribution in [0.3, 0.4) is 0 Å². The van der Waals surface area contributed by atoms with Gasteiger partial charge in [-0.2, -0.15) is 0 Å². The van der Waals surface area contributed by atoms with E-state index in [0.717, 1.165) is 28.0 Å². The average Bonchev–Trinajstić information content (AvgIpc) is 2.42. The van der Waals surface area contributed by atoms with Crippen molar-refractivity contribution in [3.05, 3.63) is 58.3 Å². The lowest BCUT2D eigenvalue weighted by Gasteiger charge is -2.36. The standard InChI is InChI=1S/C16H16BrFN2/c1-11-9-20(10-12-4-2-3-5-14(12)18)16-8-13(17)6-7-15(16)19-11/h2-8,11,19H,9-10H2,1H3. The zero-order chi connectivity index (χ0) is 14.1. The van der Waals surface area contributed by atoms with Gasteiger partial charge in [-0.1, -0.05) is 34.1 Å². The molecule has 20 heavy (non-hydrogen) atoms. The molecule has 1 aliphatic rings. The Hall–Kier alpha value is -1.55. The Morgan fingerprint density at radius 2 is 2.10 bits per heavy atom. The van der Waals surface area contributed by atoms with Crippen LogP contribution in [0.4, 0.5) is 15.8 Å². The summed E-state index contributed by atoms with van der Waals surface area (Å²) in [5, 5.41) is 3.46. The third-order valence-electron chi connectivity index (χ3n) is 3.52. The van der Waals surface area contributed by atoms with Gasteiger partial charge < -0.3 is 10.2 Å². The summed E-state index contributed by atoms with van der Waals surface area (Å²) in [6.45, 7) is 3.58. The summed E-state index contributed by atoms with van der Waals surface area (Å²) in [4.78, 5) is 2.22. The van der Waals surface area contributed by atoms with Gasteiger partial charge in [0.2, 0.25) is 0 Å². The number of rotatable bonds is 2. The fourth-order valence-corrected chi connectivity index (χ4v) is 2.96. The van der Waals surface area contributed by atoms with Crippen molar-refractivity contribution in [2.75, 3.05) is 16.8 Å². The molecule has 2 aromatic rings. The van der Waals surface area contributed by atoms with Gasteiger partial charge in [-0.25, -0.2) is 4.39 Å². The van der Waals surface area contributed by atoms with Crippen molar-refractivity contribution in [1.82, 2.24) is 0 Å². The molecule has 3 rings (SSSR count). The van der Waals surface area contributed by atoms with Crippen molar-refractivity contribution in [3.8, 4) is 0 Å². The zero-order valence-electron chi connectivity index (χ0n) is 11.2. The molecule has 2 nitrogen and oxygen atoms in total. The fourth-order valence-electron chi connectivity index (χ4n) is 2.61. The monoisotopic (exact) mass is 334 g/mol. The molecule has 1 unspecified atom stereocenters. The van der Waals surface area contributed by atoms with E-state index in [1.54, 1.807) is 6.07 Å². The van der Waals surface area contributed by atoms with Gasteiger partial charge >= 0.3 is 0 Å². The van der Waals surface area contributed by atoms with Crippen LogP contribution in [0.1, 0.15) is 12.5 Å². The fraction of sp³-hybridized carbons (Fsp3) is 0.250. The normalized spacial score (nSPS) is 17.6. The number of anilines is 2. The van der Waals surface area contributed by atoms with Crippen LogP contribution in [-0.2, 0) is 6.54 Å². The van der Waals surface area contributed by atoms with Crippen molar-refractivity contribution in [2.24, 2.45) is 0 Å². The molecule has 0 saturated heterocycles. The Labute approximate surface area is 126 Å². The second-order valence-corrected chi connectivity index (χ2v) is 6.09. The van der Waals surface area contributed by atoms with Gasteiger partial charge in [0, 0.05) is 29.2 Å². The molecule has 4 heteroatoms. The largest absolute Gasteiger partial charge is 0.379 e. The first-order valence-electron chi connectivity index (χ1n) is 6.68. The van der Waals surface area contributed by atoms with E-state index < -0.39 is 0 Å². The summed E-state index contributed by atoms with van der Waals surface area (Å²) in [6, 6.07) is 13.5. The minimum absolute atomic E-state index is 0.143. The third-order valence-corrected chi connectivity index (χ3v) is 4.01. The van der Waals surface area contributed by atoms with Crippen molar-refractivity contribution in [3.63, 3.8) is 0 Å². The number of nitrogens with zero attached hydrogens (tertiary/aromatic N) is 1. The van der Waals surface area contributed by atoms with E-state index in [2.05, 4.69) is 45.2 Å². The minimum Gasteiger partial charge on any atom is -0.379 e. The molecule has 0 aromatic heterocycles. The maximum Gasteiger partial charge on any atom is 0.128 e. The highest BCUT2D eigenvalue weighted by Crippen LogP contribution is 2.34. The molecule has 0 saturated carbocycles. The summed E-state index contributed by atoms with van der Waals surface area (Å²) in [6.07, 6.45) is 0. The van der Waals surface area contributed by atoms with Crippen molar-refractivity contribution in [1.29, 1.82) is 0 Å². The lowest BCUT2D eigenvalue weighted by Crippen LogP contribution is -2.39. The Bertz CT molecular complexity index is 630. The van der Waals surface area contributed by atoms with Crippen LogP contribution in [0, 0.1) is 5.82 Å². The average molecular weight is 335 g/mol. The molecule has 2 aromatic carbocycles. The Morgan fingerprint density at radius 1 is 1.30 bits per heavy atom. The molecule has 104 valence electrons. The topological polar surface area (TPSA) is 15.3 Å². The van der Waals surface area contributed by atoms with E-state index >= 15 is 0 Å². The van der Waals surface area contributed by atoms with Crippen LogP contribution in [0.2, 0.25) is 0 Å². The highest BCUT2D eigenvalue weighted by molar-refractivity contribution is 9.10. The molecular formula is C16H16BrFN2. The van der Waals surface area contributed by atoms with E-state index in [0.29, 0.717) is 12.6 Å². The highest BCUT2D eigenvalue weighted by atomic mass is 79.9. The van der Waals surface area contributed by atoms with Gasteiger partial charge in [0.1, 0.15) is 5.82 Å². The van der Waals surface area contributed by atoms with Crippen LogP contribution in [0.25, 0.3) is 0 Å². The predicted octanol–water partition coefficient (Wildman–Crippen LogP) is 4.41. The summed E-state index contributed by atoms with van der Waals surface area (Å²) >= 11 is 3.50. The first-order valence-corrected chi connectivity index (χ1v) is 7.47. The summed E-state index contributed by atoms with van der Waals surface area (Å²) in [5.41, 5.74) is 2.94. The van der Waals surface area contributed by atoms with Gasteiger partial charge in [-0.15, -0.1) is 0 Å². The van der Waals surface area contributed by atoms with E-state index in [4.69, 9.17) is 0 Å². The van der Waals surface area contributed by atoms with Crippen molar-refractivity contribution >= 4 is 27.3 Å². The molecule has 1 heterocycles. The van der Waals surface area contributed by atoms with E-state index in [1.165, 1.54) is 6.07 Å². The van der Waals surface area contributed by atoms with Crippen molar-refractivity contribution in [2.45, 2.75) is 19.5 Å². The maximum atomic E-state index is 13.8. The second-order valence-electron chi connectivity index (χ2n) is 5.18. The lowest BCUT2D eigenvalue weighted by molar-refractivity contribution is 0.597. The lowest BCUT2D eigenvalue weighted by atomic mass is 10.1. The Morgan fingerprint density at radius 3 is 2.90 bits per heavy atom. The van der Waals surface area contributed by atoms with Gasteiger partial charge in [0.15, 0.2) is 0 Å². The van der Waals surface area contributed by atoms with Gasteiger partial charge in [0.25, 0.3) is 0 Å². The molecule has 1 atom stereocenters. The second kappa shape index (κ2) is 5.44. The van der Waals surface area contributed by atoms with Gasteiger partial charge in [-0.05, 0) is 31.2 Å². The third kappa shape index (κ3) is 2.66. The number of fused-ring (bicyclic) bond motifs is 1. The molecule has 1 aliphatic heterocycles. The molecule has 0 spiro atoms. The predicted molar refractivity (Wildman–Crippen MR) is 84.7 cm³/mol. The SMILES string of the molecule is CC1CN(Cc2ccccc2F)c2cc(Br)ccc2N1. The Balaban J connectivity index is 1.94. The van der Waals surface area contributed by atoms with Crippen LogP contribution in [0.15, 0.2) is 46.9 Å². The van der Waals surface area contributed by atoms with E-state index in [1.807, 2.05) is 18.2 Å². The number of benzene rings is 2. The van der Waals surface area contributed by atoms with Crippen LogP contribution in [0.5, 0.6) is 0 Å². The summed E-state index contributed by atoms with van der Waals surface area (Å²) in [5.74, 6) is -0.143. The number of hydrogen-bond donors (Lipinski definition) is 1. The molecule has 0 radical (unpaired) electrons. The zero-order valence-corrected chi connectivity index (χ0v) is 12.8. The number of hydrogen-bond acceptors (Lipinski definition) is 2. The first-order chi connectivity index (χ1) is 9.63. The molecule has 0 amide bonds. The smallest absolute Gasteiger partial charge is 0.128 e. The first kappa shape index (κ1) is 13.4. The quantitative estimate of drug-likeness (QED) is 0.875. The van der Waals surface area contributed by atoms with E-state index in [9.17, 15) is 4.39 Å². The molecule has 1 N–H and O–H groups in total. The van der Waals surface area contributed by atoms with Gasteiger partial charge in [0.05, 0.1) is 11.4 Å². The van der Waals surface area contributed by atoms with Crippen LogP contribution >= 0.6 is 15.9 Å². The van der Waals surface area contributed by atoms with Gasteiger partial charge in [-0.3, -0.25) is 0 Å². The number of halogens is 2. The highest BCUT2D eigenvalue weighted by Gasteiger charge is 2.22. The van der Waals surface area contributed by atoms with Crippen LogP contribution < -0.4 is 10.2 Å².